The average molecular weight is 294 g/mol. The van der Waals surface area contributed by atoms with Crippen molar-refractivity contribution in [1.82, 2.24) is 0 Å². The highest BCUT2D eigenvalue weighted by molar-refractivity contribution is 5.75. The van der Waals surface area contributed by atoms with Gasteiger partial charge in [0.15, 0.2) is 6.04 Å². The molecule has 1 fully saturated rings. The SMILES string of the molecule is CC(C)(C)OC(=O)[C@@H]1CCC[N@@+]1(C)Cc1ccc(F)cc1. The molecular formula is C17H25FNO2+. The van der Waals surface area contributed by atoms with Gasteiger partial charge in [-0.1, -0.05) is 12.1 Å². The zero-order valence-electron chi connectivity index (χ0n) is 13.4. The predicted octanol–water partition coefficient (Wildman–Crippen LogP) is 3.28. The van der Waals surface area contributed by atoms with Gasteiger partial charge in [-0.3, -0.25) is 0 Å². The normalized spacial score (nSPS) is 25.9. The highest BCUT2D eigenvalue weighted by atomic mass is 19.1. The standard InChI is InChI=1S/C17H25FNO2/c1-17(2,3)21-16(20)15-6-5-11-19(15,4)12-13-7-9-14(18)10-8-13/h7-10,15H,5-6,11-12H2,1-4H3/q+1/t15-,19-/m0/s1. The van der Waals surface area contributed by atoms with Gasteiger partial charge >= 0.3 is 5.97 Å². The van der Waals surface area contributed by atoms with Crippen molar-refractivity contribution in [2.24, 2.45) is 0 Å². The molecular weight excluding hydrogens is 269 g/mol. The Morgan fingerprint density at radius 2 is 1.95 bits per heavy atom. The van der Waals surface area contributed by atoms with Crippen molar-refractivity contribution >= 4 is 5.97 Å². The Kier molecular flexibility index (Phi) is 4.38. The molecule has 116 valence electrons. The van der Waals surface area contributed by atoms with Gasteiger partial charge in [-0.25, -0.2) is 9.18 Å². The lowest BCUT2D eigenvalue weighted by Gasteiger charge is -2.36. The van der Waals surface area contributed by atoms with Crippen LogP contribution in [0.2, 0.25) is 0 Å². The highest BCUT2D eigenvalue weighted by Crippen LogP contribution is 2.29. The molecule has 0 bridgehead atoms. The molecule has 0 saturated carbocycles. The molecule has 1 aliphatic rings. The van der Waals surface area contributed by atoms with Gasteiger partial charge in [0, 0.05) is 18.4 Å². The quantitative estimate of drug-likeness (QED) is 0.632. The molecule has 0 N–H and O–H groups in total. The van der Waals surface area contributed by atoms with E-state index in [0.29, 0.717) is 4.48 Å². The number of halogens is 1. The Bertz CT molecular complexity index is 507. The van der Waals surface area contributed by atoms with Crippen molar-refractivity contribution < 1.29 is 18.4 Å². The van der Waals surface area contributed by atoms with Gasteiger partial charge in [-0.05, 0) is 32.9 Å². The molecule has 0 radical (unpaired) electrons. The Balaban J connectivity index is 2.12. The van der Waals surface area contributed by atoms with E-state index < -0.39 is 5.60 Å². The fraction of sp³-hybridized carbons (Fsp3) is 0.588. The number of benzene rings is 1. The van der Waals surface area contributed by atoms with E-state index in [2.05, 4.69) is 7.05 Å². The second kappa shape index (κ2) is 5.76. The third kappa shape index (κ3) is 4.03. The molecule has 3 nitrogen and oxygen atoms in total. The molecule has 0 unspecified atom stereocenters. The van der Waals surface area contributed by atoms with Crippen molar-refractivity contribution in [2.45, 2.75) is 51.8 Å². The Hall–Kier alpha value is -1.42. The lowest BCUT2D eigenvalue weighted by atomic mass is 10.1. The van der Waals surface area contributed by atoms with E-state index in [0.717, 1.165) is 31.5 Å². The molecule has 0 spiro atoms. The summed E-state index contributed by atoms with van der Waals surface area (Å²) in [6.45, 7) is 7.35. The molecule has 0 aromatic heterocycles. The molecule has 21 heavy (non-hydrogen) atoms. The van der Waals surface area contributed by atoms with Gasteiger partial charge in [0.2, 0.25) is 0 Å². The van der Waals surface area contributed by atoms with E-state index in [9.17, 15) is 9.18 Å². The Morgan fingerprint density at radius 3 is 2.52 bits per heavy atom. The van der Waals surface area contributed by atoms with Gasteiger partial charge in [0.05, 0.1) is 13.6 Å². The van der Waals surface area contributed by atoms with Crippen LogP contribution in [0.4, 0.5) is 4.39 Å². The summed E-state index contributed by atoms with van der Waals surface area (Å²) in [5, 5.41) is 0. The summed E-state index contributed by atoms with van der Waals surface area (Å²) in [6, 6.07) is 6.40. The van der Waals surface area contributed by atoms with Crippen LogP contribution in [0.5, 0.6) is 0 Å². The second-order valence-electron chi connectivity index (χ2n) is 7.18. The lowest BCUT2D eigenvalue weighted by Crippen LogP contribution is -2.52. The van der Waals surface area contributed by atoms with E-state index in [1.807, 2.05) is 20.8 Å². The molecule has 1 heterocycles. The van der Waals surface area contributed by atoms with E-state index in [1.165, 1.54) is 12.1 Å². The molecule has 0 amide bonds. The van der Waals surface area contributed by atoms with E-state index in [4.69, 9.17) is 4.74 Å². The van der Waals surface area contributed by atoms with Crippen molar-refractivity contribution in [2.75, 3.05) is 13.6 Å². The zero-order chi connectivity index (χ0) is 15.7. The molecule has 1 aromatic carbocycles. The van der Waals surface area contributed by atoms with Crippen molar-refractivity contribution in [3.05, 3.63) is 35.6 Å². The molecule has 2 atom stereocenters. The fourth-order valence-corrected chi connectivity index (χ4v) is 3.05. The second-order valence-corrected chi connectivity index (χ2v) is 7.18. The number of carbonyl (C=O) groups excluding carboxylic acids is 1. The summed E-state index contributed by atoms with van der Waals surface area (Å²) < 4.78 is 19.2. The molecule has 4 heteroatoms. The van der Waals surface area contributed by atoms with Crippen LogP contribution in [0.1, 0.15) is 39.2 Å². The Morgan fingerprint density at radius 1 is 1.33 bits per heavy atom. The van der Waals surface area contributed by atoms with Crippen molar-refractivity contribution in [3.63, 3.8) is 0 Å². The number of hydrogen-bond acceptors (Lipinski definition) is 2. The van der Waals surface area contributed by atoms with Gasteiger partial charge < -0.3 is 9.22 Å². The van der Waals surface area contributed by atoms with Crippen molar-refractivity contribution in [1.29, 1.82) is 0 Å². The van der Waals surface area contributed by atoms with Crippen LogP contribution in [0.15, 0.2) is 24.3 Å². The first-order chi connectivity index (χ1) is 9.70. The minimum atomic E-state index is -0.458. The molecule has 1 aliphatic heterocycles. The largest absolute Gasteiger partial charge is 0.456 e. The smallest absolute Gasteiger partial charge is 0.365 e. The van der Waals surface area contributed by atoms with Crippen molar-refractivity contribution in [3.8, 4) is 0 Å². The first kappa shape index (κ1) is 16.0. The molecule has 0 aliphatic carbocycles. The maximum Gasteiger partial charge on any atom is 0.365 e. The molecule has 1 aromatic rings. The van der Waals surface area contributed by atoms with Crippen LogP contribution in [0.25, 0.3) is 0 Å². The summed E-state index contributed by atoms with van der Waals surface area (Å²) >= 11 is 0. The number of likely N-dealkylation sites (tertiary alicyclic amines) is 1. The number of ether oxygens (including phenoxy) is 1. The summed E-state index contributed by atoms with van der Waals surface area (Å²) in [4.78, 5) is 12.4. The minimum Gasteiger partial charge on any atom is -0.456 e. The topological polar surface area (TPSA) is 26.3 Å². The van der Waals surface area contributed by atoms with Crippen LogP contribution in [-0.4, -0.2) is 35.7 Å². The number of quaternary nitrogens is 1. The number of rotatable bonds is 3. The molecule has 1 saturated heterocycles. The first-order valence-electron chi connectivity index (χ1n) is 7.51. The summed E-state index contributed by atoms with van der Waals surface area (Å²) in [7, 11) is 2.09. The van der Waals surface area contributed by atoms with E-state index in [1.54, 1.807) is 12.1 Å². The molecule has 2 rings (SSSR count). The summed E-state index contributed by atoms with van der Waals surface area (Å²) in [6.07, 6.45) is 1.87. The van der Waals surface area contributed by atoms with Crippen LogP contribution in [0, 0.1) is 5.82 Å². The third-order valence-electron chi connectivity index (χ3n) is 4.03. The van der Waals surface area contributed by atoms with Crippen LogP contribution in [-0.2, 0) is 16.1 Å². The van der Waals surface area contributed by atoms with Gasteiger partial charge in [-0.15, -0.1) is 0 Å². The number of hydrogen-bond donors (Lipinski definition) is 0. The van der Waals surface area contributed by atoms with Gasteiger partial charge in [-0.2, -0.15) is 0 Å². The zero-order valence-corrected chi connectivity index (χ0v) is 13.4. The number of nitrogens with zero attached hydrogens (tertiary/aromatic N) is 1. The number of likely N-dealkylation sites (N-methyl/N-ethyl adjacent to an activating group) is 1. The highest BCUT2D eigenvalue weighted by Gasteiger charge is 2.45. The van der Waals surface area contributed by atoms with Crippen LogP contribution < -0.4 is 0 Å². The summed E-state index contributed by atoms with van der Waals surface area (Å²) in [5.74, 6) is -0.351. The van der Waals surface area contributed by atoms with Gasteiger partial charge in [0.25, 0.3) is 0 Å². The predicted molar refractivity (Wildman–Crippen MR) is 80.0 cm³/mol. The number of carbonyl (C=O) groups is 1. The average Bonchev–Trinajstić information content (AvgIpc) is 2.72. The maximum atomic E-state index is 13.0. The number of esters is 1. The monoisotopic (exact) mass is 294 g/mol. The van der Waals surface area contributed by atoms with Gasteiger partial charge in [0.1, 0.15) is 18.0 Å². The van der Waals surface area contributed by atoms with Crippen LogP contribution >= 0.6 is 0 Å². The maximum absolute atomic E-state index is 13.0. The Labute approximate surface area is 126 Å². The van der Waals surface area contributed by atoms with E-state index in [-0.39, 0.29) is 17.8 Å². The third-order valence-corrected chi connectivity index (χ3v) is 4.03. The fourth-order valence-electron chi connectivity index (χ4n) is 3.05. The summed E-state index contributed by atoms with van der Waals surface area (Å²) in [5.41, 5.74) is 0.592. The first-order valence-corrected chi connectivity index (χ1v) is 7.51. The minimum absolute atomic E-state index is 0.121. The van der Waals surface area contributed by atoms with Crippen LogP contribution in [0.3, 0.4) is 0 Å². The lowest BCUT2D eigenvalue weighted by molar-refractivity contribution is -0.926. The van der Waals surface area contributed by atoms with E-state index >= 15 is 0 Å².